The highest BCUT2D eigenvalue weighted by atomic mass is 32.1. The number of rotatable bonds is 8. The molecule has 35 heavy (non-hydrogen) atoms. The molecule has 3 aromatic carbocycles. The third-order valence-electron chi connectivity index (χ3n) is 6.34. The molecule has 1 unspecified atom stereocenters. The SMILES string of the molecule is CCc1ccc(OCC2c3cc(OC)c(OC)cc3CCN2C(=S)Nc2ccc(OC)cc2)cc1. The van der Waals surface area contributed by atoms with E-state index in [0.29, 0.717) is 17.5 Å². The second-order valence-corrected chi connectivity index (χ2v) is 8.72. The van der Waals surface area contributed by atoms with Crippen LogP contribution in [0.15, 0.2) is 60.7 Å². The van der Waals surface area contributed by atoms with Gasteiger partial charge in [-0.05, 0) is 90.3 Å². The lowest BCUT2D eigenvalue weighted by molar-refractivity contribution is 0.190. The number of hydrogen-bond donors (Lipinski definition) is 1. The van der Waals surface area contributed by atoms with Crippen molar-refractivity contribution in [3.8, 4) is 23.0 Å². The molecule has 0 fully saturated rings. The maximum absolute atomic E-state index is 6.28. The minimum atomic E-state index is -0.0948. The molecule has 1 aliphatic rings. The molecule has 0 aromatic heterocycles. The van der Waals surface area contributed by atoms with E-state index in [1.54, 1.807) is 21.3 Å². The van der Waals surface area contributed by atoms with Crippen molar-refractivity contribution < 1.29 is 18.9 Å². The summed E-state index contributed by atoms with van der Waals surface area (Å²) in [6, 6.07) is 20.0. The summed E-state index contributed by atoms with van der Waals surface area (Å²) in [7, 11) is 4.97. The molecule has 184 valence electrons. The normalized spacial score (nSPS) is 14.6. The monoisotopic (exact) mass is 492 g/mol. The van der Waals surface area contributed by atoms with Gasteiger partial charge in [0, 0.05) is 12.2 Å². The van der Waals surface area contributed by atoms with Gasteiger partial charge < -0.3 is 29.2 Å². The number of aryl methyl sites for hydroxylation is 1. The number of hydrogen-bond acceptors (Lipinski definition) is 5. The predicted octanol–water partition coefficient (Wildman–Crippen LogP) is 5.65. The lowest BCUT2D eigenvalue weighted by Gasteiger charge is -2.39. The van der Waals surface area contributed by atoms with Crippen molar-refractivity contribution in [2.75, 3.05) is 39.8 Å². The summed E-state index contributed by atoms with van der Waals surface area (Å²) in [6.45, 7) is 3.34. The van der Waals surface area contributed by atoms with Crippen LogP contribution in [-0.4, -0.2) is 44.5 Å². The third kappa shape index (κ3) is 5.62. The lowest BCUT2D eigenvalue weighted by atomic mass is 9.92. The maximum Gasteiger partial charge on any atom is 0.174 e. The van der Waals surface area contributed by atoms with E-state index in [1.165, 1.54) is 11.1 Å². The molecule has 1 aliphatic heterocycles. The molecule has 0 saturated carbocycles. The number of ether oxygens (including phenoxy) is 4. The standard InChI is InChI=1S/C28H32N2O4S/c1-5-19-6-10-23(11-7-19)34-18-25-24-17-27(33-4)26(32-3)16-20(24)14-15-30(25)28(35)29-21-8-12-22(31-2)13-9-21/h6-13,16-17,25H,5,14-15,18H2,1-4H3,(H,29,35). The third-order valence-corrected chi connectivity index (χ3v) is 6.68. The smallest absolute Gasteiger partial charge is 0.174 e. The fourth-order valence-electron chi connectivity index (χ4n) is 4.32. The molecular weight excluding hydrogens is 460 g/mol. The molecular formula is C28H32N2O4S. The minimum absolute atomic E-state index is 0.0948. The molecule has 0 spiro atoms. The molecule has 0 amide bonds. The van der Waals surface area contributed by atoms with Crippen molar-refractivity contribution in [2.24, 2.45) is 0 Å². The Bertz CT molecular complexity index is 1150. The van der Waals surface area contributed by atoms with Crippen LogP contribution in [0.4, 0.5) is 5.69 Å². The van der Waals surface area contributed by atoms with Gasteiger partial charge in [-0.15, -0.1) is 0 Å². The van der Waals surface area contributed by atoms with Gasteiger partial charge in [0.15, 0.2) is 16.6 Å². The van der Waals surface area contributed by atoms with E-state index in [9.17, 15) is 0 Å². The number of methoxy groups -OCH3 is 3. The van der Waals surface area contributed by atoms with Crippen molar-refractivity contribution in [3.05, 3.63) is 77.4 Å². The van der Waals surface area contributed by atoms with E-state index < -0.39 is 0 Å². The second kappa shape index (κ2) is 11.3. The molecule has 0 radical (unpaired) electrons. The Kier molecular flexibility index (Phi) is 7.98. The van der Waals surface area contributed by atoms with Crippen molar-refractivity contribution in [3.63, 3.8) is 0 Å². The summed E-state index contributed by atoms with van der Waals surface area (Å²) in [4.78, 5) is 2.19. The Morgan fingerprint density at radius 1 is 0.914 bits per heavy atom. The topological polar surface area (TPSA) is 52.2 Å². The minimum Gasteiger partial charge on any atom is -0.497 e. The van der Waals surface area contributed by atoms with Crippen LogP contribution in [0.1, 0.15) is 29.7 Å². The molecule has 3 aromatic rings. The van der Waals surface area contributed by atoms with Crippen molar-refractivity contribution in [1.82, 2.24) is 4.90 Å². The zero-order chi connectivity index (χ0) is 24.8. The van der Waals surface area contributed by atoms with E-state index in [0.717, 1.165) is 47.9 Å². The molecule has 4 rings (SSSR count). The Labute approximate surface area is 212 Å². The number of anilines is 1. The highest BCUT2D eigenvalue weighted by Crippen LogP contribution is 2.38. The van der Waals surface area contributed by atoms with E-state index in [2.05, 4.69) is 35.3 Å². The van der Waals surface area contributed by atoms with Crippen LogP contribution in [0.25, 0.3) is 0 Å². The summed E-state index contributed by atoms with van der Waals surface area (Å²) in [5, 5.41) is 4.02. The number of fused-ring (bicyclic) bond motifs is 1. The van der Waals surface area contributed by atoms with Gasteiger partial charge in [-0.1, -0.05) is 19.1 Å². The second-order valence-electron chi connectivity index (χ2n) is 8.33. The number of nitrogens with one attached hydrogen (secondary N) is 1. The average molecular weight is 493 g/mol. The van der Waals surface area contributed by atoms with Gasteiger partial charge >= 0.3 is 0 Å². The molecule has 6 nitrogen and oxygen atoms in total. The first-order valence-electron chi connectivity index (χ1n) is 11.7. The van der Waals surface area contributed by atoms with E-state index in [1.807, 2.05) is 42.5 Å². The quantitative estimate of drug-likeness (QED) is 0.408. The molecule has 7 heteroatoms. The summed E-state index contributed by atoms with van der Waals surface area (Å²) < 4.78 is 22.7. The number of thiocarbonyl (C=S) groups is 1. The Balaban J connectivity index is 1.61. The summed E-state index contributed by atoms with van der Waals surface area (Å²) in [5.74, 6) is 3.06. The molecule has 0 aliphatic carbocycles. The van der Waals surface area contributed by atoms with E-state index in [4.69, 9.17) is 31.2 Å². The van der Waals surface area contributed by atoms with Gasteiger partial charge in [-0.3, -0.25) is 0 Å². The van der Waals surface area contributed by atoms with Crippen molar-refractivity contribution >= 4 is 23.0 Å². The highest BCUT2D eigenvalue weighted by Gasteiger charge is 2.31. The Morgan fingerprint density at radius 3 is 2.20 bits per heavy atom. The highest BCUT2D eigenvalue weighted by molar-refractivity contribution is 7.80. The molecule has 0 saturated heterocycles. The van der Waals surface area contributed by atoms with Crippen LogP contribution in [0.3, 0.4) is 0 Å². The van der Waals surface area contributed by atoms with Gasteiger partial charge in [-0.2, -0.15) is 0 Å². The first kappa shape index (κ1) is 24.7. The van der Waals surface area contributed by atoms with Crippen molar-refractivity contribution in [1.29, 1.82) is 0 Å². The van der Waals surface area contributed by atoms with Gasteiger partial charge in [0.25, 0.3) is 0 Å². The Hall–Kier alpha value is -3.45. The molecule has 0 bridgehead atoms. The van der Waals surface area contributed by atoms with Crippen LogP contribution in [0.2, 0.25) is 0 Å². The molecule has 1 heterocycles. The zero-order valence-electron chi connectivity index (χ0n) is 20.7. The average Bonchev–Trinajstić information content (AvgIpc) is 2.91. The lowest BCUT2D eigenvalue weighted by Crippen LogP contribution is -2.44. The van der Waals surface area contributed by atoms with Gasteiger partial charge in [0.05, 0.1) is 27.4 Å². The van der Waals surface area contributed by atoms with E-state index >= 15 is 0 Å². The van der Waals surface area contributed by atoms with Gasteiger partial charge in [-0.25, -0.2) is 0 Å². The van der Waals surface area contributed by atoms with Crippen LogP contribution in [0, 0.1) is 0 Å². The predicted molar refractivity (Wildman–Crippen MR) is 143 cm³/mol. The van der Waals surface area contributed by atoms with Crippen molar-refractivity contribution in [2.45, 2.75) is 25.8 Å². The van der Waals surface area contributed by atoms with Crippen LogP contribution < -0.4 is 24.3 Å². The Morgan fingerprint density at radius 2 is 1.57 bits per heavy atom. The molecule has 1 N–H and O–H groups in total. The number of benzene rings is 3. The first-order valence-corrected chi connectivity index (χ1v) is 12.1. The van der Waals surface area contributed by atoms with Crippen LogP contribution in [-0.2, 0) is 12.8 Å². The molecule has 1 atom stereocenters. The summed E-state index contributed by atoms with van der Waals surface area (Å²) in [5.41, 5.74) is 4.52. The fourth-order valence-corrected chi connectivity index (χ4v) is 4.65. The first-order chi connectivity index (χ1) is 17.1. The fraction of sp³-hybridized carbons (Fsp3) is 0.321. The van der Waals surface area contributed by atoms with E-state index in [-0.39, 0.29) is 6.04 Å². The van der Waals surface area contributed by atoms with Gasteiger partial charge in [0.2, 0.25) is 0 Å². The summed E-state index contributed by atoms with van der Waals surface area (Å²) in [6.07, 6.45) is 1.83. The van der Waals surface area contributed by atoms with Crippen LogP contribution >= 0.6 is 12.2 Å². The van der Waals surface area contributed by atoms with Crippen LogP contribution in [0.5, 0.6) is 23.0 Å². The number of nitrogens with zero attached hydrogens (tertiary/aromatic N) is 1. The zero-order valence-corrected chi connectivity index (χ0v) is 21.5. The largest absolute Gasteiger partial charge is 0.497 e. The van der Waals surface area contributed by atoms with Gasteiger partial charge in [0.1, 0.15) is 18.1 Å². The summed E-state index contributed by atoms with van der Waals surface area (Å²) >= 11 is 5.87. The maximum atomic E-state index is 6.28.